The number of piperazine rings is 1. The lowest BCUT2D eigenvalue weighted by Gasteiger charge is -2.35. The first-order valence-corrected chi connectivity index (χ1v) is 9.04. The van der Waals surface area contributed by atoms with E-state index in [0.717, 1.165) is 62.7 Å². The Morgan fingerprint density at radius 2 is 1.92 bits per heavy atom. The second-order valence-electron chi connectivity index (χ2n) is 7.33. The number of nitrogen functional groups attached to an aromatic ring is 1. The van der Waals surface area contributed by atoms with Gasteiger partial charge in [-0.2, -0.15) is 0 Å². The van der Waals surface area contributed by atoms with Crippen molar-refractivity contribution in [2.24, 2.45) is 0 Å². The van der Waals surface area contributed by atoms with Crippen LogP contribution in [0.15, 0.2) is 12.1 Å². The monoisotopic (exact) mass is 328 g/mol. The summed E-state index contributed by atoms with van der Waals surface area (Å²) in [5, 5.41) is 4.90. The summed E-state index contributed by atoms with van der Waals surface area (Å²) in [6.07, 6.45) is 3.52. The molecule has 0 amide bonds. The molecule has 0 radical (unpaired) electrons. The molecule has 2 aromatic rings. The highest BCUT2D eigenvalue weighted by atomic mass is 15.4. The molecule has 1 aliphatic carbocycles. The Kier molecular flexibility index (Phi) is 4.10. The summed E-state index contributed by atoms with van der Waals surface area (Å²) in [6.45, 7) is 6.42. The molecule has 1 saturated heterocycles. The predicted octanol–water partition coefficient (Wildman–Crippen LogP) is 1.09. The van der Waals surface area contributed by atoms with E-state index in [0.29, 0.717) is 0 Å². The molecular formula is C18H28N6. The summed E-state index contributed by atoms with van der Waals surface area (Å²) in [7, 11) is 4.26. The van der Waals surface area contributed by atoms with E-state index in [1.165, 1.54) is 24.1 Å². The average molecular weight is 328 g/mol. The van der Waals surface area contributed by atoms with Crippen LogP contribution in [-0.2, 0) is 12.8 Å². The molecule has 3 heterocycles. The van der Waals surface area contributed by atoms with Gasteiger partial charge in [-0.05, 0) is 45.0 Å². The topological polar surface area (TPSA) is 53.0 Å². The Labute approximate surface area is 143 Å². The normalized spacial score (nSPS) is 18.7. The lowest BCUT2D eigenvalue weighted by atomic mass is 10.2. The van der Waals surface area contributed by atoms with Crippen molar-refractivity contribution >= 4 is 17.0 Å². The molecule has 0 aromatic carbocycles. The van der Waals surface area contributed by atoms with Crippen LogP contribution in [0.25, 0.3) is 5.52 Å². The van der Waals surface area contributed by atoms with Gasteiger partial charge in [-0.25, -0.2) is 4.52 Å². The van der Waals surface area contributed by atoms with Crippen molar-refractivity contribution in [1.29, 1.82) is 0 Å². The van der Waals surface area contributed by atoms with E-state index in [2.05, 4.69) is 45.4 Å². The Bertz CT molecular complexity index is 727. The summed E-state index contributed by atoms with van der Waals surface area (Å²) in [4.78, 5) is 7.13. The van der Waals surface area contributed by atoms with Crippen LogP contribution in [0.5, 0.6) is 0 Å². The number of anilines is 2. The lowest BCUT2D eigenvalue weighted by Crippen LogP contribution is -2.48. The van der Waals surface area contributed by atoms with Gasteiger partial charge >= 0.3 is 0 Å². The minimum atomic E-state index is 0.839. The Morgan fingerprint density at radius 3 is 2.67 bits per heavy atom. The van der Waals surface area contributed by atoms with Crippen molar-refractivity contribution in [3.8, 4) is 0 Å². The van der Waals surface area contributed by atoms with Crippen molar-refractivity contribution in [2.75, 3.05) is 64.0 Å². The van der Waals surface area contributed by atoms with Gasteiger partial charge in [0.25, 0.3) is 0 Å². The van der Waals surface area contributed by atoms with Crippen molar-refractivity contribution < 1.29 is 0 Å². The molecule has 2 N–H and O–H groups in total. The van der Waals surface area contributed by atoms with Gasteiger partial charge in [0.2, 0.25) is 0 Å². The summed E-state index contributed by atoms with van der Waals surface area (Å²) in [5.41, 5.74) is 11.2. The number of rotatable bonds is 4. The van der Waals surface area contributed by atoms with E-state index < -0.39 is 0 Å². The fourth-order valence-electron chi connectivity index (χ4n) is 3.91. The van der Waals surface area contributed by atoms with Crippen LogP contribution in [0.1, 0.15) is 17.7 Å². The summed E-state index contributed by atoms with van der Waals surface area (Å²) in [6, 6.07) is 4.38. The first-order chi connectivity index (χ1) is 11.6. The number of nitrogens with zero attached hydrogens (tertiary/aromatic N) is 5. The van der Waals surface area contributed by atoms with E-state index >= 15 is 0 Å². The number of nitrogens with two attached hydrogens (primary N) is 1. The summed E-state index contributed by atoms with van der Waals surface area (Å²) < 4.78 is 2.10. The first kappa shape index (κ1) is 15.7. The van der Waals surface area contributed by atoms with Gasteiger partial charge in [0.05, 0.1) is 5.52 Å². The van der Waals surface area contributed by atoms with E-state index in [1.54, 1.807) is 0 Å². The fraction of sp³-hybridized carbons (Fsp3) is 0.611. The van der Waals surface area contributed by atoms with Crippen LogP contribution >= 0.6 is 0 Å². The highest BCUT2D eigenvalue weighted by molar-refractivity contribution is 5.82. The second kappa shape index (κ2) is 6.26. The predicted molar refractivity (Wildman–Crippen MR) is 98.8 cm³/mol. The zero-order valence-corrected chi connectivity index (χ0v) is 14.8. The number of aromatic nitrogens is 2. The molecule has 6 nitrogen and oxygen atoms in total. The smallest absolute Gasteiger partial charge is 0.175 e. The SMILES string of the molecule is CN(C)CCN1CCN(c2nn3c4c(ccc3c2N)CCC4)CC1. The molecule has 4 rings (SSSR count). The molecule has 0 bridgehead atoms. The van der Waals surface area contributed by atoms with Gasteiger partial charge in [0, 0.05) is 45.0 Å². The quantitative estimate of drug-likeness (QED) is 0.910. The zero-order chi connectivity index (χ0) is 16.7. The molecular weight excluding hydrogens is 300 g/mol. The summed E-state index contributed by atoms with van der Waals surface area (Å²) in [5.74, 6) is 0.975. The van der Waals surface area contributed by atoms with Gasteiger partial charge < -0.3 is 15.5 Å². The lowest BCUT2D eigenvalue weighted by molar-refractivity contribution is 0.229. The number of fused-ring (bicyclic) bond motifs is 3. The molecule has 1 fully saturated rings. The molecule has 2 aromatic heterocycles. The van der Waals surface area contributed by atoms with Crippen molar-refractivity contribution in [2.45, 2.75) is 19.3 Å². The van der Waals surface area contributed by atoms with Crippen molar-refractivity contribution in [1.82, 2.24) is 19.4 Å². The molecule has 0 spiro atoms. The maximum atomic E-state index is 6.45. The van der Waals surface area contributed by atoms with E-state index in [-0.39, 0.29) is 0 Å². The van der Waals surface area contributed by atoms with Crippen LogP contribution < -0.4 is 10.6 Å². The summed E-state index contributed by atoms with van der Waals surface area (Å²) >= 11 is 0. The van der Waals surface area contributed by atoms with Crippen molar-refractivity contribution in [3.63, 3.8) is 0 Å². The number of likely N-dealkylation sites (N-methyl/N-ethyl adjacent to an activating group) is 1. The molecule has 6 heteroatoms. The Hall–Kier alpha value is -1.79. The van der Waals surface area contributed by atoms with Gasteiger partial charge in [-0.1, -0.05) is 6.07 Å². The molecule has 0 saturated carbocycles. The van der Waals surface area contributed by atoms with Crippen molar-refractivity contribution in [3.05, 3.63) is 23.4 Å². The number of hydrogen-bond donors (Lipinski definition) is 1. The number of aryl methyl sites for hydroxylation is 2. The molecule has 130 valence electrons. The minimum absolute atomic E-state index is 0.839. The first-order valence-electron chi connectivity index (χ1n) is 9.04. The van der Waals surface area contributed by atoms with Crippen LogP contribution in [-0.4, -0.2) is 72.8 Å². The molecule has 2 aliphatic rings. The highest BCUT2D eigenvalue weighted by Crippen LogP contribution is 2.31. The average Bonchev–Trinajstić information content (AvgIpc) is 3.18. The third-order valence-electron chi connectivity index (χ3n) is 5.40. The molecule has 0 atom stereocenters. The van der Waals surface area contributed by atoms with E-state index in [1.807, 2.05) is 0 Å². The largest absolute Gasteiger partial charge is 0.394 e. The van der Waals surface area contributed by atoms with E-state index in [4.69, 9.17) is 10.8 Å². The Morgan fingerprint density at radius 1 is 1.12 bits per heavy atom. The Balaban J connectivity index is 1.52. The van der Waals surface area contributed by atoms with E-state index in [9.17, 15) is 0 Å². The number of hydrogen-bond acceptors (Lipinski definition) is 5. The molecule has 0 unspecified atom stereocenters. The third kappa shape index (κ3) is 2.74. The van der Waals surface area contributed by atoms with Crippen LogP contribution in [0.4, 0.5) is 11.5 Å². The van der Waals surface area contributed by atoms with Gasteiger partial charge in [0.1, 0.15) is 5.69 Å². The van der Waals surface area contributed by atoms with Gasteiger partial charge in [0.15, 0.2) is 5.82 Å². The molecule has 24 heavy (non-hydrogen) atoms. The standard InChI is InChI=1S/C18H28N6/c1-21(2)8-9-22-10-12-23(13-11-22)18-17(19)16-7-6-14-4-3-5-15(14)24(16)20-18/h6-7H,3-5,8-13,19H2,1-2H3. The van der Waals surface area contributed by atoms with Crippen LogP contribution in [0.2, 0.25) is 0 Å². The highest BCUT2D eigenvalue weighted by Gasteiger charge is 2.24. The molecule has 1 aliphatic heterocycles. The minimum Gasteiger partial charge on any atom is -0.394 e. The van der Waals surface area contributed by atoms with Crippen LogP contribution in [0, 0.1) is 0 Å². The maximum Gasteiger partial charge on any atom is 0.175 e. The van der Waals surface area contributed by atoms with Crippen LogP contribution in [0.3, 0.4) is 0 Å². The zero-order valence-electron chi connectivity index (χ0n) is 14.8. The van der Waals surface area contributed by atoms with Gasteiger partial charge in [-0.3, -0.25) is 4.90 Å². The van der Waals surface area contributed by atoms with Gasteiger partial charge in [-0.15, -0.1) is 5.10 Å². The second-order valence-corrected chi connectivity index (χ2v) is 7.33. The maximum absolute atomic E-state index is 6.45. The fourth-order valence-corrected chi connectivity index (χ4v) is 3.91. The third-order valence-corrected chi connectivity index (χ3v) is 5.40. The number of pyridine rings is 1.